The standard InChI is InChI=1S/C16H23NO2/c1-13-6-5-9-17(12-13)10-11-19-16-8-4-3-7-15(16)14(2)18/h3-4,7-8,13H,5-6,9-12H2,1-2H3/p+1/t13-/m0/s1. The number of ether oxygens (including phenoxy) is 1. The van der Waals surface area contributed by atoms with E-state index < -0.39 is 0 Å². The van der Waals surface area contributed by atoms with Crippen molar-refractivity contribution in [2.24, 2.45) is 5.92 Å². The summed E-state index contributed by atoms with van der Waals surface area (Å²) in [5.41, 5.74) is 0.685. The van der Waals surface area contributed by atoms with Crippen molar-refractivity contribution in [1.82, 2.24) is 0 Å². The third-order valence-corrected chi connectivity index (χ3v) is 3.84. The van der Waals surface area contributed by atoms with Crippen molar-refractivity contribution < 1.29 is 14.4 Å². The fraction of sp³-hybridized carbons (Fsp3) is 0.562. The lowest BCUT2D eigenvalue weighted by atomic mass is 10.0. The number of para-hydroxylation sites is 1. The minimum atomic E-state index is 0.0644. The van der Waals surface area contributed by atoms with Gasteiger partial charge in [0.15, 0.2) is 5.78 Å². The fourth-order valence-electron chi connectivity index (χ4n) is 2.81. The van der Waals surface area contributed by atoms with Gasteiger partial charge in [0.25, 0.3) is 0 Å². The second-order valence-electron chi connectivity index (χ2n) is 5.60. The Morgan fingerprint density at radius 3 is 2.95 bits per heavy atom. The van der Waals surface area contributed by atoms with Gasteiger partial charge in [-0.05, 0) is 31.9 Å². The minimum absolute atomic E-state index is 0.0644. The van der Waals surface area contributed by atoms with Gasteiger partial charge in [0, 0.05) is 5.92 Å². The summed E-state index contributed by atoms with van der Waals surface area (Å²) < 4.78 is 5.79. The maximum Gasteiger partial charge on any atom is 0.163 e. The monoisotopic (exact) mass is 262 g/mol. The van der Waals surface area contributed by atoms with Crippen LogP contribution in [0, 0.1) is 5.92 Å². The second-order valence-corrected chi connectivity index (χ2v) is 5.60. The highest BCUT2D eigenvalue weighted by Crippen LogP contribution is 2.17. The number of carbonyl (C=O) groups excluding carboxylic acids is 1. The van der Waals surface area contributed by atoms with Crippen molar-refractivity contribution in [3.05, 3.63) is 29.8 Å². The number of piperidine rings is 1. The lowest BCUT2D eigenvalue weighted by Crippen LogP contribution is -3.14. The molecule has 0 bridgehead atoms. The second kappa shape index (κ2) is 6.71. The Hall–Kier alpha value is -1.35. The summed E-state index contributed by atoms with van der Waals surface area (Å²) in [6.07, 6.45) is 2.68. The molecular weight excluding hydrogens is 238 g/mol. The number of rotatable bonds is 5. The van der Waals surface area contributed by atoms with Crippen molar-refractivity contribution in [1.29, 1.82) is 0 Å². The first kappa shape index (κ1) is 14.1. The summed E-state index contributed by atoms with van der Waals surface area (Å²) in [5, 5.41) is 0. The molecule has 0 spiro atoms. The van der Waals surface area contributed by atoms with Gasteiger partial charge in [-0.2, -0.15) is 0 Å². The van der Waals surface area contributed by atoms with Crippen molar-refractivity contribution in [3.8, 4) is 5.75 Å². The number of hydrogen-bond acceptors (Lipinski definition) is 2. The van der Waals surface area contributed by atoms with E-state index in [2.05, 4.69) is 6.92 Å². The van der Waals surface area contributed by atoms with E-state index in [0.717, 1.165) is 18.2 Å². The van der Waals surface area contributed by atoms with Crippen molar-refractivity contribution in [2.75, 3.05) is 26.2 Å². The average Bonchev–Trinajstić information content (AvgIpc) is 2.39. The summed E-state index contributed by atoms with van der Waals surface area (Å²) in [6, 6.07) is 7.50. The zero-order valence-electron chi connectivity index (χ0n) is 11.9. The van der Waals surface area contributed by atoms with Crippen molar-refractivity contribution in [2.45, 2.75) is 26.7 Å². The molecule has 0 amide bonds. The molecule has 1 fully saturated rings. The molecule has 1 saturated heterocycles. The van der Waals surface area contributed by atoms with Crippen molar-refractivity contribution >= 4 is 5.78 Å². The molecule has 1 aromatic carbocycles. The van der Waals surface area contributed by atoms with Gasteiger partial charge in [-0.25, -0.2) is 0 Å². The smallest absolute Gasteiger partial charge is 0.163 e. The number of nitrogens with one attached hydrogen (secondary N) is 1. The summed E-state index contributed by atoms with van der Waals surface area (Å²) in [5.74, 6) is 1.61. The van der Waals surface area contributed by atoms with E-state index in [9.17, 15) is 4.79 Å². The van der Waals surface area contributed by atoms with E-state index in [4.69, 9.17) is 4.74 Å². The van der Waals surface area contributed by atoms with Gasteiger partial charge in [0.2, 0.25) is 0 Å². The largest absolute Gasteiger partial charge is 0.487 e. The highest BCUT2D eigenvalue weighted by molar-refractivity contribution is 5.96. The van der Waals surface area contributed by atoms with Gasteiger partial charge < -0.3 is 9.64 Å². The van der Waals surface area contributed by atoms with Crippen LogP contribution in [0.4, 0.5) is 0 Å². The molecule has 0 aliphatic carbocycles. The Morgan fingerprint density at radius 2 is 2.21 bits per heavy atom. The molecule has 19 heavy (non-hydrogen) atoms. The number of ketones is 1. The van der Waals surface area contributed by atoms with E-state index in [-0.39, 0.29) is 5.78 Å². The molecule has 0 aromatic heterocycles. The van der Waals surface area contributed by atoms with Crippen molar-refractivity contribution in [3.63, 3.8) is 0 Å². The molecule has 2 atom stereocenters. The number of hydrogen-bond donors (Lipinski definition) is 1. The predicted octanol–water partition coefficient (Wildman–Crippen LogP) is 1.58. The van der Waals surface area contributed by atoms with Crippen LogP contribution in [0.15, 0.2) is 24.3 Å². The molecular formula is C16H24NO2+. The van der Waals surface area contributed by atoms with Crippen LogP contribution in [0.3, 0.4) is 0 Å². The van der Waals surface area contributed by atoms with Gasteiger partial charge in [0.05, 0.1) is 18.7 Å². The number of quaternary nitrogens is 1. The molecule has 1 aliphatic heterocycles. The van der Waals surface area contributed by atoms with Crippen LogP contribution in [-0.4, -0.2) is 32.0 Å². The summed E-state index contributed by atoms with van der Waals surface area (Å²) in [6.45, 7) is 8.12. The molecule has 1 aliphatic rings. The van der Waals surface area contributed by atoms with Crippen LogP contribution in [-0.2, 0) is 0 Å². The molecule has 3 nitrogen and oxygen atoms in total. The Labute approximate surface area is 115 Å². The zero-order chi connectivity index (χ0) is 13.7. The molecule has 1 heterocycles. The summed E-state index contributed by atoms with van der Waals surface area (Å²) >= 11 is 0. The maximum atomic E-state index is 11.5. The number of Topliss-reactive ketones (excluding diaryl/α,β-unsaturated/α-hetero) is 1. The first-order chi connectivity index (χ1) is 9.16. The first-order valence-electron chi connectivity index (χ1n) is 7.23. The molecule has 0 saturated carbocycles. The van der Waals surface area contributed by atoms with E-state index in [1.807, 2.05) is 24.3 Å². The van der Waals surface area contributed by atoms with Crippen LogP contribution in [0.1, 0.15) is 37.0 Å². The fourth-order valence-corrected chi connectivity index (χ4v) is 2.81. The Balaban J connectivity index is 1.84. The van der Waals surface area contributed by atoms with Gasteiger partial charge >= 0.3 is 0 Å². The van der Waals surface area contributed by atoms with Crippen LogP contribution in [0.2, 0.25) is 0 Å². The first-order valence-corrected chi connectivity index (χ1v) is 7.23. The summed E-state index contributed by atoms with van der Waals surface area (Å²) in [4.78, 5) is 13.1. The Kier molecular flexibility index (Phi) is 4.97. The topological polar surface area (TPSA) is 30.7 Å². The van der Waals surface area contributed by atoms with Gasteiger partial charge in [0.1, 0.15) is 18.9 Å². The molecule has 104 valence electrons. The van der Waals surface area contributed by atoms with Gasteiger partial charge in [-0.3, -0.25) is 4.79 Å². The van der Waals surface area contributed by atoms with E-state index in [1.165, 1.54) is 25.9 Å². The SMILES string of the molecule is CC(=O)c1ccccc1OCC[NH+]1CCC[C@H](C)C1. The highest BCUT2D eigenvalue weighted by Gasteiger charge is 2.19. The van der Waals surface area contributed by atoms with Crippen LogP contribution in [0.25, 0.3) is 0 Å². The molecule has 2 rings (SSSR count). The third kappa shape index (κ3) is 4.06. The molecule has 1 aromatic rings. The highest BCUT2D eigenvalue weighted by atomic mass is 16.5. The van der Waals surface area contributed by atoms with E-state index in [1.54, 1.807) is 11.8 Å². The summed E-state index contributed by atoms with van der Waals surface area (Å²) in [7, 11) is 0. The lowest BCUT2D eigenvalue weighted by molar-refractivity contribution is -0.908. The third-order valence-electron chi connectivity index (χ3n) is 3.84. The van der Waals surface area contributed by atoms with Gasteiger partial charge in [-0.15, -0.1) is 0 Å². The Bertz CT molecular complexity index is 431. The van der Waals surface area contributed by atoms with E-state index in [0.29, 0.717) is 12.2 Å². The van der Waals surface area contributed by atoms with Gasteiger partial charge in [-0.1, -0.05) is 19.1 Å². The zero-order valence-corrected chi connectivity index (χ0v) is 11.9. The van der Waals surface area contributed by atoms with Crippen LogP contribution in [0.5, 0.6) is 5.75 Å². The molecule has 0 radical (unpaired) electrons. The quantitative estimate of drug-likeness (QED) is 0.817. The normalized spacial score (nSPS) is 23.1. The number of likely N-dealkylation sites (tertiary alicyclic amines) is 1. The van der Waals surface area contributed by atoms with Crippen LogP contribution >= 0.6 is 0 Å². The number of carbonyl (C=O) groups is 1. The molecule has 1 unspecified atom stereocenters. The van der Waals surface area contributed by atoms with E-state index >= 15 is 0 Å². The van der Waals surface area contributed by atoms with Crippen LogP contribution < -0.4 is 9.64 Å². The lowest BCUT2D eigenvalue weighted by Gasteiger charge is -2.27. The number of benzene rings is 1. The average molecular weight is 262 g/mol. The molecule has 1 N–H and O–H groups in total. The molecule has 3 heteroatoms. The maximum absolute atomic E-state index is 11.5. The Morgan fingerprint density at radius 1 is 1.42 bits per heavy atom. The minimum Gasteiger partial charge on any atom is -0.487 e. The predicted molar refractivity (Wildman–Crippen MR) is 75.9 cm³/mol.